The van der Waals surface area contributed by atoms with Crippen molar-refractivity contribution in [3.8, 4) is 5.75 Å². The summed E-state index contributed by atoms with van der Waals surface area (Å²) in [5.41, 5.74) is 3.45. The van der Waals surface area contributed by atoms with Crippen LogP contribution in [0, 0.1) is 4.77 Å². The summed E-state index contributed by atoms with van der Waals surface area (Å²) in [4.78, 5) is 0. The minimum absolute atomic E-state index is 0.261. The van der Waals surface area contributed by atoms with Crippen molar-refractivity contribution >= 4 is 40.2 Å². The lowest BCUT2D eigenvalue weighted by atomic mass is 10.1. The molecule has 0 radical (unpaired) electrons. The molecule has 31 heavy (non-hydrogen) atoms. The van der Waals surface area contributed by atoms with E-state index in [0.29, 0.717) is 10.6 Å². The predicted octanol–water partition coefficient (Wildman–Crippen LogP) is 5.53. The number of fused-ring (bicyclic) bond motifs is 3. The molecular formula is C24H21N5OS. The van der Waals surface area contributed by atoms with E-state index in [1.165, 1.54) is 21.8 Å². The van der Waals surface area contributed by atoms with Crippen molar-refractivity contribution < 1.29 is 4.74 Å². The van der Waals surface area contributed by atoms with Gasteiger partial charge >= 0.3 is 0 Å². The van der Waals surface area contributed by atoms with Gasteiger partial charge in [0.05, 0.1) is 6.21 Å². The van der Waals surface area contributed by atoms with Crippen LogP contribution >= 0.6 is 12.2 Å². The van der Waals surface area contributed by atoms with Crippen molar-refractivity contribution in [3.63, 3.8) is 0 Å². The van der Waals surface area contributed by atoms with Crippen LogP contribution in [0.15, 0.2) is 77.9 Å². The summed E-state index contributed by atoms with van der Waals surface area (Å²) >= 11 is 5.35. The van der Waals surface area contributed by atoms with Crippen LogP contribution in [0.25, 0.3) is 21.8 Å². The predicted molar refractivity (Wildman–Crippen MR) is 126 cm³/mol. The summed E-state index contributed by atoms with van der Waals surface area (Å²) in [6.45, 7) is 3.35. The Morgan fingerprint density at radius 2 is 1.77 bits per heavy atom. The van der Waals surface area contributed by atoms with E-state index in [0.717, 1.165) is 17.9 Å². The number of rotatable bonds is 6. The zero-order valence-electron chi connectivity index (χ0n) is 17.0. The molecule has 5 rings (SSSR count). The summed E-state index contributed by atoms with van der Waals surface area (Å²) in [6.07, 6.45) is 1.80. The molecule has 0 aliphatic heterocycles. The normalized spacial score (nSPS) is 11.6. The van der Waals surface area contributed by atoms with E-state index >= 15 is 0 Å². The van der Waals surface area contributed by atoms with Crippen LogP contribution in [0.3, 0.4) is 0 Å². The van der Waals surface area contributed by atoms with E-state index in [1.54, 1.807) is 10.9 Å². The lowest BCUT2D eigenvalue weighted by Crippen LogP contribution is -2.04. The maximum absolute atomic E-state index is 5.79. The minimum Gasteiger partial charge on any atom is -0.486 e. The smallest absolute Gasteiger partial charge is 0.216 e. The van der Waals surface area contributed by atoms with Gasteiger partial charge in [-0.25, -0.2) is 5.10 Å². The van der Waals surface area contributed by atoms with Gasteiger partial charge in [0.15, 0.2) is 5.82 Å². The number of hydrogen-bond acceptors (Lipinski definition) is 4. The third-order valence-corrected chi connectivity index (χ3v) is 5.53. The van der Waals surface area contributed by atoms with Gasteiger partial charge in [-0.05, 0) is 55.0 Å². The largest absolute Gasteiger partial charge is 0.486 e. The molecule has 6 nitrogen and oxygen atoms in total. The second-order valence-electron chi connectivity index (χ2n) is 7.14. The molecular weight excluding hydrogens is 406 g/mol. The summed E-state index contributed by atoms with van der Waals surface area (Å²) in [5, 5.41) is 14.1. The van der Waals surface area contributed by atoms with Crippen molar-refractivity contribution in [2.75, 3.05) is 0 Å². The number of para-hydroxylation sites is 2. The average Bonchev–Trinajstić information content (AvgIpc) is 3.33. The van der Waals surface area contributed by atoms with Crippen LogP contribution < -0.4 is 4.74 Å². The number of benzene rings is 3. The lowest BCUT2D eigenvalue weighted by molar-refractivity contribution is 0.290. The van der Waals surface area contributed by atoms with E-state index in [1.807, 2.05) is 30.3 Å². The van der Waals surface area contributed by atoms with Gasteiger partial charge in [0.1, 0.15) is 12.4 Å². The molecule has 0 aliphatic carbocycles. The molecule has 0 aliphatic rings. The van der Waals surface area contributed by atoms with Gasteiger partial charge in [-0.2, -0.15) is 14.9 Å². The van der Waals surface area contributed by atoms with Gasteiger partial charge in [0.2, 0.25) is 4.77 Å². The molecule has 154 valence electrons. The zero-order valence-corrected chi connectivity index (χ0v) is 17.8. The van der Waals surface area contributed by atoms with E-state index < -0.39 is 0 Å². The molecule has 2 aromatic heterocycles. The van der Waals surface area contributed by atoms with Crippen molar-refractivity contribution in [1.29, 1.82) is 0 Å². The Morgan fingerprint density at radius 3 is 2.61 bits per heavy atom. The van der Waals surface area contributed by atoms with Crippen LogP contribution in [0.2, 0.25) is 0 Å². The molecule has 3 aromatic carbocycles. The van der Waals surface area contributed by atoms with E-state index in [4.69, 9.17) is 17.0 Å². The molecule has 0 saturated heterocycles. The Morgan fingerprint density at radius 1 is 1.00 bits per heavy atom. The molecule has 7 heteroatoms. The van der Waals surface area contributed by atoms with Crippen molar-refractivity contribution in [2.24, 2.45) is 5.10 Å². The lowest BCUT2D eigenvalue weighted by Gasteiger charge is -2.05. The van der Waals surface area contributed by atoms with Crippen LogP contribution in [0.5, 0.6) is 5.75 Å². The average molecular weight is 428 g/mol. The van der Waals surface area contributed by atoms with E-state index in [9.17, 15) is 0 Å². The molecule has 1 N–H and O–H groups in total. The van der Waals surface area contributed by atoms with Crippen LogP contribution in [-0.4, -0.2) is 25.7 Å². The third kappa shape index (κ3) is 3.64. The topological polar surface area (TPSA) is 60.1 Å². The van der Waals surface area contributed by atoms with Gasteiger partial charge in [-0.15, -0.1) is 0 Å². The second kappa shape index (κ2) is 8.20. The second-order valence-corrected chi connectivity index (χ2v) is 7.53. The molecule has 0 unspecified atom stereocenters. The van der Waals surface area contributed by atoms with Crippen molar-refractivity contribution in [3.05, 3.63) is 89.0 Å². The van der Waals surface area contributed by atoms with Gasteiger partial charge in [-0.1, -0.05) is 42.5 Å². The highest BCUT2D eigenvalue weighted by Crippen LogP contribution is 2.29. The van der Waals surface area contributed by atoms with Crippen LogP contribution in [-0.2, 0) is 13.2 Å². The van der Waals surface area contributed by atoms with Gasteiger partial charge in [0, 0.05) is 28.4 Å². The number of aryl methyl sites for hydroxylation is 1. The summed E-state index contributed by atoms with van der Waals surface area (Å²) in [7, 11) is 0. The van der Waals surface area contributed by atoms with Crippen molar-refractivity contribution in [2.45, 2.75) is 20.1 Å². The first-order valence-electron chi connectivity index (χ1n) is 10.1. The molecule has 2 heterocycles. The van der Waals surface area contributed by atoms with Gasteiger partial charge in [-0.3, -0.25) is 0 Å². The monoisotopic (exact) mass is 427 g/mol. The Labute approximate surface area is 184 Å². The summed E-state index contributed by atoms with van der Waals surface area (Å²) < 4.78 is 10.1. The molecule has 0 saturated carbocycles. The number of aromatic nitrogens is 4. The van der Waals surface area contributed by atoms with Gasteiger partial charge in [0.25, 0.3) is 0 Å². The maximum atomic E-state index is 5.79. The molecule has 0 atom stereocenters. The quantitative estimate of drug-likeness (QED) is 0.286. The summed E-state index contributed by atoms with van der Waals surface area (Å²) in [6, 6.07) is 24.5. The van der Waals surface area contributed by atoms with Crippen LogP contribution in [0.1, 0.15) is 18.3 Å². The first-order valence-corrected chi connectivity index (χ1v) is 10.5. The maximum Gasteiger partial charge on any atom is 0.216 e. The number of nitrogens with zero attached hydrogens (tertiary/aromatic N) is 4. The molecule has 5 aromatic rings. The standard InChI is InChI=1S/C24H21N5OS/c1-2-28-21-11-7-6-10-19(21)20-14-17(12-13-22(20)28)15-25-29-23(26-27-24(29)31)16-30-18-8-4-3-5-9-18/h3-15H,2,16H2,1H3,(H,27,31)/b25-15+. The fourth-order valence-electron chi connectivity index (χ4n) is 3.82. The van der Waals surface area contributed by atoms with Gasteiger partial charge < -0.3 is 9.30 Å². The number of aromatic amines is 1. The Bertz CT molecular complexity index is 1450. The minimum atomic E-state index is 0.261. The number of nitrogens with one attached hydrogen (secondary N) is 1. The Balaban J connectivity index is 1.46. The van der Waals surface area contributed by atoms with E-state index in [2.05, 4.69) is 69.3 Å². The molecule has 0 bridgehead atoms. The number of H-pyrrole nitrogens is 1. The Kier molecular flexibility index (Phi) is 5.09. The van der Waals surface area contributed by atoms with Crippen molar-refractivity contribution in [1.82, 2.24) is 19.4 Å². The zero-order chi connectivity index (χ0) is 21.2. The third-order valence-electron chi connectivity index (χ3n) is 5.26. The highest BCUT2D eigenvalue weighted by atomic mass is 32.1. The fraction of sp³-hybridized carbons (Fsp3) is 0.125. The Hall–Kier alpha value is -3.71. The molecule has 0 fully saturated rings. The molecule has 0 amide bonds. The summed E-state index contributed by atoms with van der Waals surface area (Å²) in [5.74, 6) is 1.37. The van der Waals surface area contributed by atoms with Crippen LogP contribution in [0.4, 0.5) is 0 Å². The highest BCUT2D eigenvalue weighted by Gasteiger charge is 2.10. The SMILES string of the molecule is CCn1c2ccccc2c2cc(/C=N/n3c(COc4ccccc4)n[nH]c3=S)ccc21. The highest BCUT2D eigenvalue weighted by molar-refractivity contribution is 7.71. The first-order chi connectivity index (χ1) is 15.2. The van der Waals surface area contributed by atoms with E-state index in [-0.39, 0.29) is 6.61 Å². The first kappa shape index (κ1) is 19.3. The number of hydrogen-bond donors (Lipinski definition) is 1. The number of ether oxygens (including phenoxy) is 1. The fourth-order valence-corrected chi connectivity index (χ4v) is 4.02. The molecule has 0 spiro atoms.